The number of rotatable bonds is 5. The van der Waals surface area contributed by atoms with Gasteiger partial charge in [-0.3, -0.25) is 5.32 Å². The van der Waals surface area contributed by atoms with Gasteiger partial charge in [0.15, 0.2) is 0 Å². The summed E-state index contributed by atoms with van der Waals surface area (Å²) in [6.07, 6.45) is 2.91. The first kappa shape index (κ1) is 18.9. The average molecular weight is 389 g/mol. The molecular formula is C23H23N3O3. The molecule has 6 nitrogen and oxygen atoms in total. The molecule has 4 rings (SSSR count). The summed E-state index contributed by atoms with van der Waals surface area (Å²) in [5.41, 5.74) is 4.20. The average Bonchev–Trinajstić information content (AvgIpc) is 3.00. The number of nitrogens with one attached hydrogen (secondary N) is 1. The Morgan fingerprint density at radius 3 is 2.59 bits per heavy atom. The van der Waals surface area contributed by atoms with E-state index in [4.69, 9.17) is 9.47 Å². The molecule has 1 amide bonds. The predicted octanol–water partition coefficient (Wildman–Crippen LogP) is 5.48. The zero-order valence-corrected chi connectivity index (χ0v) is 16.6. The number of nitrogens with zero attached hydrogens (tertiary/aromatic N) is 2. The van der Waals surface area contributed by atoms with Crippen LogP contribution >= 0.6 is 0 Å². The Bertz CT molecular complexity index is 1090. The van der Waals surface area contributed by atoms with E-state index in [9.17, 15) is 10.1 Å². The number of carbonyl (C=O) groups excluding carboxylic acids is 1. The normalized spacial score (nSPS) is 13.6. The fourth-order valence-corrected chi connectivity index (χ4v) is 3.83. The summed E-state index contributed by atoms with van der Waals surface area (Å²) in [7, 11) is 1.65. The number of hydrogen-bond acceptors (Lipinski definition) is 4. The molecule has 148 valence electrons. The molecule has 1 fully saturated rings. The van der Waals surface area contributed by atoms with Gasteiger partial charge < -0.3 is 14.0 Å². The van der Waals surface area contributed by atoms with Gasteiger partial charge in [0.05, 0.1) is 30.5 Å². The largest absolute Gasteiger partial charge is 0.497 e. The zero-order valence-electron chi connectivity index (χ0n) is 16.6. The molecule has 1 aromatic heterocycles. The van der Waals surface area contributed by atoms with Crippen LogP contribution in [0.3, 0.4) is 0 Å². The summed E-state index contributed by atoms with van der Waals surface area (Å²) in [4.78, 5) is 11.6. The Labute approximate surface area is 169 Å². The Kier molecular flexibility index (Phi) is 5.13. The molecule has 1 N–H and O–H groups in total. The van der Waals surface area contributed by atoms with Gasteiger partial charge in [0.25, 0.3) is 0 Å². The van der Waals surface area contributed by atoms with E-state index in [2.05, 4.69) is 16.0 Å². The molecule has 1 heterocycles. The van der Waals surface area contributed by atoms with E-state index in [1.54, 1.807) is 14.0 Å². The van der Waals surface area contributed by atoms with Crippen molar-refractivity contribution in [1.29, 1.82) is 5.26 Å². The molecule has 2 aromatic carbocycles. The van der Waals surface area contributed by atoms with Crippen molar-refractivity contribution in [1.82, 2.24) is 4.57 Å². The summed E-state index contributed by atoms with van der Waals surface area (Å²) in [6, 6.07) is 16.2. The van der Waals surface area contributed by atoms with Crippen molar-refractivity contribution in [2.24, 2.45) is 0 Å². The maximum absolute atomic E-state index is 11.6. The van der Waals surface area contributed by atoms with Crippen molar-refractivity contribution < 1.29 is 14.3 Å². The van der Waals surface area contributed by atoms with Gasteiger partial charge in [-0.1, -0.05) is 12.1 Å². The number of methoxy groups -OCH3 is 1. The Morgan fingerprint density at radius 2 is 2.00 bits per heavy atom. The van der Waals surface area contributed by atoms with Crippen molar-refractivity contribution in [2.45, 2.75) is 32.2 Å². The lowest BCUT2D eigenvalue weighted by Gasteiger charge is -2.30. The van der Waals surface area contributed by atoms with E-state index in [0.717, 1.165) is 40.8 Å². The first-order chi connectivity index (χ1) is 14.2. The van der Waals surface area contributed by atoms with Crippen LogP contribution in [0, 0.1) is 11.3 Å². The van der Waals surface area contributed by atoms with Gasteiger partial charge in [0, 0.05) is 23.2 Å². The fraction of sp³-hybridized carbons (Fsp3) is 0.304. The van der Waals surface area contributed by atoms with Crippen LogP contribution in [0.15, 0.2) is 42.5 Å². The van der Waals surface area contributed by atoms with E-state index in [1.165, 1.54) is 6.42 Å². The second-order valence-corrected chi connectivity index (χ2v) is 7.10. The van der Waals surface area contributed by atoms with Crippen LogP contribution in [0.1, 0.15) is 37.8 Å². The molecule has 0 bridgehead atoms. The lowest BCUT2D eigenvalue weighted by Crippen LogP contribution is -2.18. The summed E-state index contributed by atoms with van der Waals surface area (Å²) >= 11 is 0. The Balaban J connectivity index is 1.82. The van der Waals surface area contributed by atoms with Gasteiger partial charge in [-0.05, 0) is 56.0 Å². The molecule has 0 saturated heterocycles. The minimum atomic E-state index is -0.478. The van der Waals surface area contributed by atoms with Crippen LogP contribution in [-0.4, -0.2) is 24.4 Å². The van der Waals surface area contributed by atoms with Crippen molar-refractivity contribution in [2.75, 3.05) is 19.0 Å². The highest BCUT2D eigenvalue weighted by Crippen LogP contribution is 2.43. The molecule has 0 spiro atoms. The minimum absolute atomic E-state index is 0.320. The summed E-state index contributed by atoms with van der Waals surface area (Å²) < 4.78 is 12.6. The topological polar surface area (TPSA) is 76.3 Å². The molecule has 29 heavy (non-hydrogen) atoms. The number of fused-ring (bicyclic) bond motifs is 1. The third kappa shape index (κ3) is 3.40. The first-order valence-electron chi connectivity index (χ1n) is 9.82. The van der Waals surface area contributed by atoms with Crippen LogP contribution in [0.25, 0.3) is 22.2 Å². The third-order valence-electron chi connectivity index (χ3n) is 5.44. The minimum Gasteiger partial charge on any atom is -0.497 e. The molecule has 0 aliphatic heterocycles. The molecule has 1 aliphatic carbocycles. The van der Waals surface area contributed by atoms with Crippen LogP contribution < -0.4 is 10.1 Å². The van der Waals surface area contributed by atoms with Crippen molar-refractivity contribution >= 4 is 22.7 Å². The van der Waals surface area contributed by atoms with Gasteiger partial charge in [-0.15, -0.1) is 0 Å². The molecule has 3 aromatic rings. The first-order valence-corrected chi connectivity index (χ1v) is 9.82. The number of benzene rings is 2. The second-order valence-electron chi connectivity index (χ2n) is 7.10. The molecule has 0 atom stereocenters. The van der Waals surface area contributed by atoms with Crippen LogP contribution in [0.5, 0.6) is 5.75 Å². The van der Waals surface area contributed by atoms with Crippen LogP contribution in [0.4, 0.5) is 10.5 Å². The van der Waals surface area contributed by atoms with Gasteiger partial charge in [-0.2, -0.15) is 5.26 Å². The predicted molar refractivity (Wildman–Crippen MR) is 112 cm³/mol. The standard InChI is InChI=1S/C23H23N3O3/c1-3-29-23(27)25-16-9-7-15(8-10-16)22-20(14-24)19-12-11-18(28-2)13-21(19)26(22)17-5-4-6-17/h7-13,17H,3-6H2,1-2H3,(H,25,27). The lowest BCUT2D eigenvalue weighted by atomic mass is 9.92. The number of amides is 1. The van der Waals surface area contributed by atoms with Gasteiger partial charge >= 0.3 is 6.09 Å². The number of hydrogen-bond donors (Lipinski definition) is 1. The van der Waals surface area contributed by atoms with Crippen LogP contribution in [0.2, 0.25) is 0 Å². The van der Waals surface area contributed by atoms with Gasteiger partial charge in [0.2, 0.25) is 0 Å². The number of aromatic nitrogens is 1. The molecule has 0 unspecified atom stereocenters. The fourth-order valence-electron chi connectivity index (χ4n) is 3.83. The molecule has 0 radical (unpaired) electrons. The summed E-state index contributed by atoms with van der Waals surface area (Å²) in [5, 5.41) is 13.6. The molecule has 1 saturated carbocycles. The van der Waals surface area contributed by atoms with Crippen molar-refractivity contribution in [3.05, 3.63) is 48.0 Å². The number of anilines is 1. The Morgan fingerprint density at radius 1 is 1.24 bits per heavy atom. The van der Waals surface area contributed by atoms with Crippen molar-refractivity contribution in [3.63, 3.8) is 0 Å². The van der Waals surface area contributed by atoms with E-state index in [-0.39, 0.29) is 0 Å². The van der Waals surface area contributed by atoms with Gasteiger partial charge in [-0.25, -0.2) is 4.79 Å². The molecular weight excluding hydrogens is 366 g/mol. The number of nitriles is 1. The zero-order chi connectivity index (χ0) is 20.4. The molecule has 6 heteroatoms. The third-order valence-corrected chi connectivity index (χ3v) is 5.44. The number of carbonyl (C=O) groups is 1. The maximum atomic E-state index is 11.6. The second kappa shape index (κ2) is 7.88. The van der Waals surface area contributed by atoms with E-state index in [0.29, 0.717) is 23.9 Å². The summed E-state index contributed by atoms with van der Waals surface area (Å²) in [5.74, 6) is 0.778. The highest BCUT2D eigenvalue weighted by molar-refractivity contribution is 5.96. The molecule has 1 aliphatic rings. The quantitative estimate of drug-likeness (QED) is 0.627. The monoisotopic (exact) mass is 389 g/mol. The highest BCUT2D eigenvalue weighted by atomic mass is 16.5. The lowest BCUT2D eigenvalue weighted by molar-refractivity contribution is 0.168. The van der Waals surface area contributed by atoms with Crippen molar-refractivity contribution in [3.8, 4) is 23.1 Å². The van der Waals surface area contributed by atoms with Crippen LogP contribution in [-0.2, 0) is 4.74 Å². The van der Waals surface area contributed by atoms with Gasteiger partial charge in [0.1, 0.15) is 11.8 Å². The Hall–Kier alpha value is -3.46. The summed E-state index contributed by atoms with van der Waals surface area (Å²) in [6.45, 7) is 2.08. The van der Waals surface area contributed by atoms with E-state index >= 15 is 0 Å². The maximum Gasteiger partial charge on any atom is 0.411 e. The highest BCUT2D eigenvalue weighted by Gasteiger charge is 2.28. The van der Waals surface area contributed by atoms with E-state index < -0.39 is 6.09 Å². The smallest absolute Gasteiger partial charge is 0.411 e. The SMILES string of the molecule is CCOC(=O)Nc1ccc(-c2c(C#N)c3ccc(OC)cc3n2C2CCC2)cc1. The van der Waals surface area contributed by atoms with E-state index in [1.807, 2.05) is 42.5 Å². The number of ether oxygens (including phenoxy) is 2.